The molecular weight excluding hydrogens is 328 g/mol. The molecule has 1 nitrogen and oxygen atoms in total. The minimum absolute atomic E-state index is 0.832. The van der Waals surface area contributed by atoms with Gasteiger partial charge in [0.25, 0.3) is 0 Å². The first-order chi connectivity index (χ1) is 13.3. The van der Waals surface area contributed by atoms with Crippen LogP contribution in [-0.2, 0) is 0 Å². The third-order valence-electron chi connectivity index (χ3n) is 5.92. The van der Waals surface area contributed by atoms with Crippen LogP contribution in [0.1, 0.15) is 83.6 Å². The lowest BCUT2D eigenvalue weighted by molar-refractivity contribution is 0.305. The summed E-state index contributed by atoms with van der Waals surface area (Å²) in [7, 11) is 0. The molecule has 3 rings (SSSR count). The molecule has 2 aromatic rings. The molecule has 0 bridgehead atoms. The van der Waals surface area contributed by atoms with Gasteiger partial charge in [-0.2, -0.15) is 0 Å². The SMILES string of the molecule is CCCCCCCOc1ccc2cc(C3=CCC(CCC)CC3)ccc2c1. The number of hydrogen-bond acceptors (Lipinski definition) is 1. The highest BCUT2D eigenvalue weighted by Crippen LogP contribution is 2.34. The molecule has 27 heavy (non-hydrogen) atoms. The second-order valence-corrected chi connectivity index (χ2v) is 8.14. The largest absolute Gasteiger partial charge is 0.494 e. The molecule has 1 aliphatic rings. The first-order valence-corrected chi connectivity index (χ1v) is 11.2. The summed E-state index contributed by atoms with van der Waals surface area (Å²) >= 11 is 0. The van der Waals surface area contributed by atoms with E-state index in [2.05, 4.69) is 56.3 Å². The Kier molecular flexibility index (Phi) is 7.80. The highest BCUT2D eigenvalue weighted by molar-refractivity contribution is 5.87. The van der Waals surface area contributed by atoms with Crippen LogP contribution in [-0.4, -0.2) is 6.61 Å². The Labute approximate surface area is 165 Å². The van der Waals surface area contributed by atoms with Gasteiger partial charge in [-0.3, -0.25) is 0 Å². The van der Waals surface area contributed by atoms with Crippen molar-refractivity contribution in [3.8, 4) is 5.75 Å². The van der Waals surface area contributed by atoms with Gasteiger partial charge in [-0.25, -0.2) is 0 Å². The summed E-state index contributed by atoms with van der Waals surface area (Å²) in [5, 5.41) is 2.60. The number of rotatable bonds is 10. The van der Waals surface area contributed by atoms with E-state index in [0.29, 0.717) is 0 Å². The Hall–Kier alpha value is -1.76. The molecule has 0 N–H and O–H groups in total. The summed E-state index contributed by atoms with van der Waals surface area (Å²) in [5.74, 6) is 1.91. The lowest BCUT2D eigenvalue weighted by atomic mass is 9.84. The molecule has 1 atom stereocenters. The third kappa shape index (κ3) is 5.86. The number of fused-ring (bicyclic) bond motifs is 1. The van der Waals surface area contributed by atoms with Crippen LogP contribution < -0.4 is 4.74 Å². The summed E-state index contributed by atoms with van der Waals surface area (Å²) in [6.07, 6.45) is 15.4. The van der Waals surface area contributed by atoms with E-state index in [4.69, 9.17) is 4.74 Å². The molecule has 1 unspecified atom stereocenters. The Morgan fingerprint density at radius 2 is 1.70 bits per heavy atom. The standard InChI is InChI=1S/C26H36O/c1-3-5-6-7-8-18-27-26-17-16-24-19-23(14-15-25(24)20-26)22-12-10-21(9-4-2)11-13-22/h12,14-17,19-21H,3-11,13,18H2,1-2H3. The van der Waals surface area contributed by atoms with Crippen LogP contribution in [0.3, 0.4) is 0 Å². The van der Waals surface area contributed by atoms with E-state index in [-0.39, 0.29) is 0 Å². The van der Waals surface area contributed by atoms with Crippen LogP contribution in [0.4, 0.5) is 0 Å². The van der Waals surface area contributed by atoms with E-state index >= 15 is 0 Å². The van der Waals surface area contributed by atoms with Gasteiger partial charge in [-0.05, 0) is 71.7 Å². The molecule has 146 valence electrons. The maximum atomic E-state index is 5.96. The van der Waals surface area contributed by atoms with Gasteiger partial charge in [0.05, 0.1) is 6.61 Å². The fourth-order valence-corrected chi connectivity index (χ4v) is 4.23. The molecule has 0 amide bonds. The second-order valence-electron chi connectivity index (χ2n) is 8.14. The van der Waals surface area contributed by atoms with Crippen molar-refractivity contribution >= 4 is 16.3 Å². The summed E-state index contributed by atoms with van der Waals surface area (Å²) in [4.78, 5) is 0. The Morgan fingerprint density at radius 1 is 0.889 bits per heavy atom. The number of benzene rings is 2. The smallest absolute Gasteiger partial charge is 0.119 e. The van der Waals surface area contributed by atoms with Gasteiger partial charge in [0.1, 0.15) is 5.75 Å². The van der Waals surface area contributed by atoms with Gasteiger partial charge >= 0.3 is 0 Å². The van der Waals surface area contributed by atoms with Crippen molar-refractivity contribution in [3.63, 3.8) is 0 Å². The van der Waals surface area contributed by atoms with Crippen LogP contribution in [0.2, 0.25) is 0 Å². The van der Waals surface area contributed by atoms with Crippen molar-refractivity contribution in [2.24, 2.45) is 5.92 Å². The van der Waals surface area contributed by atoms with Crippen LogP contribution in [0.5, 0.6) is 5.75 Å². The first kappa shape index (κ1) is 20.0. The van der Waals surface area contributed by atoms with Crippen molar-refractivity contribution in [2.45, 2.75) is 78.1 Å². The van der Waals surface area contributed by atoms with Gasteiger partial charge < -0.3 is 4.74 Å². The molecule has 0 spiro atoms. The molecule has 0 aliphatic heterocycles. The van der Waals surface area contributed by atoms with Gasteiger partial charge in [0, 0.05) is 0 Å². The van der Waals surface area contributed by atoms with Crippen molar-refractivity contribution in [3.05, 3.63) is 48.0 Å². The summed E-state index contributed by atoms with van der Waals surface area (Å²) < 4.78 is 5.96. The summed E-state index contributed by atoms with van der Waals surface area (Å²) in [5.41, 5.74) is 2.94. The molecule has 0 radical (unpaired) electrons. The zero-order valence-electron chi connectivity index (χ0n) is 17.3. The minimum Gasteiger partial charge on any atom is -0.494 e. The van der Waals surface area contributed by atoms with E-state index in [9.17, 15) is 0 Å². The maximum absolute atomic E-state index is 5.96. The summed E-state index contributed by atoms with van der Waals surface area (Å²) in [6, 6.07) is 13.5. The first-order valence-electron chi connectivity index (χ1n) is 11.2. The van der Waals surface area contributed by atoms with E-state index in [1.807, 2.05) is 0 Å². The predicted octanol–water partition coefficient (Wildman–Crippen LogP) is 8.17. The predicted molar refractivity (Wildman–Crippen MR) is 118 cm³/mol. The molecule has 1 heteroatoms. The maximum Gasteiger partial charge on any atom is 0.119 e. The molecule has 1 aliphatic carbocycles. The van der Waals surface area contributed by atoms with Crippen molar-refractivity contribution in [1.82, 2.24) is 0 Å². The van der Waals surface area contributed by atoms with Crippen LogP contribution in [0, 0.1) is 5.92 Å². The highest BCUT2D eigenvalue weighted by atomic mass is 16.5. The molecule has 0 fully saturated rings. The van der Waals surface area contributed by atoms with Crippen molar-refractivity contribution in [1.29, 1.82) is 0 Å². The zero-order chi connectivity index (χ0) is 18.9. The highest BCUT2D eigenvalue weighted by Gasteiger charge is 2.14. The van der Waals surface area contributed by atoms with Gasteiger partial charge in [0.2, 0.25) is 0 Å². The average molecular weight is 365 g/mol. The zero-order valence-corrected chi connectivity index (χ0v) is 17.3. The molecule has 0 aromatic heterocycles. The quantitative estimate of drug-likeness (QED) is 0.386. The molecule has 0 saturated heterocycles. The van der Waals surface area contributed by atoms with E-state index in [1.165, 1.54) is 79.7 Å². The minimum atomic E-state index is 0.832. The fraction of sp³-hybridized carbons (Fsp3) is 0.538. The topological polar surface area (TPSA) is 9.23 Å². The lowest BCUT2D eigenvalue weighted by Crippen LogP contribution is -2.05. The molecule has 0 heterocycles. The normalized spacial score (nSPS) is 17.1. The molecule has 2 aromatic carbocycles. The number of hydrogen-bond donors (Lipinski definition) is 0. The van der Waals surface area contributed by atoms with Crippen LogP contribution in [0.15, 0.2) is 42.5 Å². The van der Waals surface area contributed by atoms with Crippen molar-refractivity contribution < 1.29 is 4.74 Å². The number of unbranched alkanes of at least 4 members (excludes halogenated alkanes) is 4. The second kappa shape index (κ2) is 10.5. The number of allylic oxidation sites excluding steroid dienone is 2. The average Bonchev–Trinajstić information content (AvgIpc) is 2.71. The van der Waals surface area contributed by atoms with Gasteiger partial charge in [0.15, 0.2) is 0 Å². The molecule has 0 saturated carbocycles. The summed E-state index contributed by atoms with van der Waals surface area (Å²) in [6.45, 7) is 5.39. The van der Waals surface area contributed by atoms with Gasteiger partial charge in [-0.1, -0.05) is 76.6 Å². The molecular formula is C26H36O. The Morgan fingerprint density at radius 3 is 2.48 bits per heavy atom. The Bertz CT molecular complexity index is 743. The van der Waals surface area contributed by atoms with Crippen LogP contribution >= 0.6 is 0 Å². The monoisotopic (exact) mass is 364 g/mol. The fourth-order valence-electron chi connectivity index (χ4n) is 4.23. The third-order valence-corrected chi connectivity index (χ3v) is 5.92. The van der Waals surface area contributed by atoms with Crippen molar-refractivity contribution in [2.75, 3.05) is 6.61 Å². The van der Waals surface area contributed by atoms with E-state index in [1.54, 1.807) is 0 Å². The van der Waals surface area contributed by atoms with Crippen LogP contribution in [0.25, 0.3) is 16.3 Å². The van der Waals surface area contributed by atoms with E-state index in [0.717, 1.165) is 24.7 Å². The number of ether oxygens (including phenoxy) is 1. The van der Waals surface area contributed by atoms with Gasteiger partial charge in [-0.15, -0.1) is 0 Å². The Balaban J connectivity index is 1.58. The van der Waals surface area contributed by atoms with E-state index < -0.39 is 0 Å². The lowest BCUT2D eigenvalue weighted by Gasteiger charge is -2.21.